The smallest absolute Gasteiger partial charge is 0.107 e. The van der Waals surface area contributed by atoms with Gasteiger partial charge in [0.1, 0.15) is 6.10 Å². The van der Waals surface area contributed by atoms with Gasteiger partial charge in [0.15, 0.2) is 0 Å². The summed E-state index contributed by atoms with van der Waals surface area (Å²) in [4.78, 5) is 4.97. The summed E-state index contributed by atoms with van der Waals surface area (Å²) in [5, 5.41) is 25.4. The van der Waals surface area contributed by atoms with Gasteiger partial charge < -0.3 is 10.2 Å². The van der Waals surface area contributed by atoms with Gasteiger partial charge in [0, 0.05) is 17.0 Å². The number of nitrogens with zero attached hydrogens (tertiary/aromatic N) is 1. The fraction of sp³-hybridized carbons (Fsp3) is 0.552. The molecular weight excluding hydrogens is 460 g/mol. The Bertz CT molecular complexity index is 1160. The average Bonchev–Trinajstić information content (AvgIpc) is 3.23. The van der Waals surface area contributed by atoms with Crippen LogP contribution in [-0.4, -0.2) is 18.2 Å². The van der Waals surface area contributed by atoms with Crippen molar-refractivity contribution in [1.82, 2.24) is 4.98 Å². The summed E-state index contributed by atoms with van der Waals surface area (Å²) in [7, 11) is -2.26. The van der Waals surface area contributed by atoms with Crippen LogP contribution in [0, 0.1) is 17.0 Å². The highest BCUT2D eigenvalue weighted by molar-refractivity contribution is 6.88. The van der Waals surface area contributed by atoms with Crippen molar-refractivity contribution in [1.29, 1.82) is 0 Å². The maximum atomic E-state index is 15.2. The van der Waals surface area contributed by atoms with E-state index in [0.717, 1.165) is 36.1 Å². The first kappa shape index (κ1) is 26.2. The molecule has 0 saturated heterocycles. The van der Waals surface area contributed by atoms with Gasteiger partial charge in [-0.3, -0.25) is 4.98 Å². The molecule has 2 aromatic rings. The van der Waals surface area contributed by atoms with Crippen molar-refractivity contribution in [3.63, 3.8) is 0 Å². The minimum atomic E-state index is -2.26. The van der Waals surface area contributed by atoms with E-state index in [1.54, 1.807) is 0 Å². The maximum absolute atomic E-state index is 15.2. The SMILES string of the molecule is CC(C)c1nc2c(c(C3=CCCC3)c1C(O)c1cc(F)c([Si-](C)(C)C)c(F)c1)C([O-])CC(C)(C)C2. The third-order valence-corrected chi connectivity index (χ3v) is 9.38. The lowest BCUT2D eigenvalue weighted by atomic mass is 9.71. The van der Waals surface area contributed by atoms with Gasteiger partial charge in [-0.25, -0.2) is 8.78 Å². The molecule has 1 heterocycles. The molecule has 0 amide bonds. The molecule has 0 aliphatic heterocycles. The van der Waals surface area contributed by atoms with Gasteiger partial charge in [0.25, 0.3) is 0 Å². The van der Waals surface area contributed by atoms with E-state index in [1.165, 1.54) is 12.1 Å². The van der Waals surface area contributed by atoms with E-state index in [-0.39, 0.29) is 22.1 Å². The molecule has 0 radical (unpaired) electrons. The Hall–Kier alpha value is -1.89. The van der Waals surface area contributed by atoms with Crippen molar-refractivity contribution in [2.75, 3.05) is 0 Å². The Morgan fingerprint density at radius 3 is 2.29 bits per heavy atom. The van der Waals surface area contributed by atoms with Crippen LogP contribution in [0.3, 0.4) is 0 Å². The number of hydrogen-bond donors (Lipinski definition) is 1. The van der Waals surface area contributed by atoms with Crippen LogP contribution in [-0.2, 0) is 6.42 Å². The predicted octanol–water partition coefficient (Wildman–Crippen LogP) is 6.05. The quantitative estimate of drug-likeness (QED) is 0.511. The number of rotatable bonds is 5. The van der Waals surface area contributed by atoms with Crippen LogP contribution in [0.25, 0.3) is 5.57 Å². The van der Waals surface area contributed by atoms with Crippen LogP contribution in [0.1, 0.15) is 105 Å². The van der Waals surface area contributed by atoms with E-state index >= 15 is 8.78 Å². The maximum Gasteiger partial charge on any atom is 0.107 e. The van der Waals surface area contributed by atoms with Gasteiger partial charge in [-0.15, -0.1) is 13.3 Å². The second-order valence-electron chi connectivity index (χ2n) is 12.5. The first-order valence-corrected chi connectivity index (χ1v) is 16.3. The monoisotopic (exact) mass is 498 g/mol. The minimum Gasteiger partial charge on any atom is -0.848 e. The molecule has 2 unspecified atom stereocenters. The van der Waals surface area contributed by atoms with Crippen LogP contribution in [0.15, 0.2) is 18.2 Å². The number of benzene rings is 1. The third-order valence-electron chi connectivity index (χ3n) is 7.40. The zero-order chi connectivity index (χ0) is 25.9. The van der Waals surface area contributed by atoms with E-state index in [1.807, 2.05) is 33.5 Å². The number of allylic oxidation sites excluding steroid dienone is 2. The Labute approximate surface area is 209 Å². The summed E-state index contributed by atoms with van der Waals surface area (Å²) in [5.74, 6) is -1.25. The number of fused-ring (bicyclic) bond motifs is 1. The number of halogens is 2. The van der Waals surface area contributed by atoms with Gasteiger partial charge >= 0.3 is 0 Å². The second-order valence-corrected chi connectivity index (χ2v) is 17.5. The minimum absolute atomic E-state index is 0.0307. The zero-order valence-electron chi connectivity index (χ0n) is 22.1. The summed E-state index contributed by atoms with van der Waals surface area (Å²) in [5.41, 5.74) is 4.61. The van der Waals surface area contributed by atoms with Crippen LogP contribution >= 0.6 is 0 Å². The number of aromatic nitrogens is 1. The average molecular weight is 499 g/mol. The van der Waals surface area contributed by atoms with Gasteiger partial charge in [-0.1, -0.05) is 46.3 Å². The van der Waals surface area contributed by atoms with Gasteiger partial charge in [-0.05, 0) is 71.4 Å². The molecule has 2 aliphatic rings. The van der Waals surface area contributed by atoms with Crippen molar-refractivity contribution < 1.29 is 19.0 Å². The Morgan fingerprint density at radius 2 is 1.77 bits per heavy atom. The first-order chi connectivity index (χ1) is 16.2. The Kier molecular flexibility index (Phi) is 6.88. The topological polar surface area (TPSA) is 56.2 Å². The molecule has 2 aliphatic carbocycles. The fourth-order valence-electron chi connectivity index (χ4n) is 5.89. The second kappa shape index (κ2) is 9.20. The highest BCUT2D eigenvalue weighted by Gasteiger charge is 2.35. The van der Waals surface area contributed by atoms with Crippen molar-refractivity contribution in [3.05, 3.63) is 63.5 Å². The molecule has 191 valence electrons. The van der Waals surface area contributed by atoms with Gasteiger partial charge in [-0.2, -0.15) is 19.6 Å². The standard InChI is InChI=1S/C29H38F2NO2Si/c1-16(2)26-25(27(34)18-12-19(30)28(20(31)13-18)35(5,6)7)23(17-10-8-9-11-17)24-21(32-26)14-29(3,4)15-22(24)33/h10,12-13,16,22,27,34H,8-9,11,14-15H2,1-7H3/q-2. The van der Waals surface area contributed by atoms with E-state index in [4.69, 9.17) is 4.98 Å². The highest BCUT2D eigenvalue weighted by Crippen LogP contribution is 2.47. The number of pyridine rings is 1. The van der Waals surface area contributed by atoms with Crippen LogP contribution in [0.2, 0.25) is 19.6 Å². The third kappa shape index (κ3) is 4.89. The first-order valence-electron chi connectivity index (χ1n) is 12.8. The van der Waals surface area contributed by atoms with E-state index in [2.05, 4.69) is 19.9 Å². The molecular formula is C29H38F2NO2Si-2. The number of aliphatic hydroxyl groups is 1. The molecule has 0 bridgehead atoms. The fourth-order valence-corrected chi connectivity index (χ4v) is 7.47. The molecule has 1 aromatic carbocycles. The molecule has 0 fully saturated rings. The summed E-state index contributed by atoms with van der Waals surface area (Å²) < 4.78 is 30.3. The van der Waals surface area contributed by atoms with Gasteiger partial charge in [0.2, 0.25) is 0 Å². The van der Waals surface area contributed by atoms with E-state index in [0.29, 0.717) is 29.7 Å². The lowest BCUT2D eigenvalue weighted by Crippen LogP contribution is -2.42. The van der Waals surface area contributed by atoms with Crippen LogP contribution in [0.5, 0.6) is 0 Å². The largest absolute Gasteiger partial charge is 0.848 e. The Morgan fingerprint density at radius 1 is 1.14 bits per heavy atom. The predicted molar refractivity (Wildman–Crippen MR) is 138 cm³/mol. The van der Waals surface area contributed by atoms with Gasteiger partial charge in [0.05, 0.1) is 11.6 Å². The Balaban J connectivity index is 1.99. The summed E-state index contributed by atoms with van der Waals surface area (Å²) in [6, 6.07) is 2.55. The molecule has 6 heteroatoms. The van der Waals surface area contributed by atoms with Crippen LogP contribution in [0.4, 0.5) is 8.78 Å². The number of aliphatic hydroxyl groups excluding tert-OH is 1. The number of hydrogen-bond acceptors (Lipinski definition) is 3. The summed E-state index contributed by atoms with van der Waals surface area (Å²) >= 11 is 0. The molecule has 0 spiro atoms. The molecule has 2 atom stereocenters. The highest BCUT2D eigenvalue weighted by atomic mass is 28.3. The normalized spacial score (nSPS) is 20.7. The van der Waals surface area contributed by atoms with Crippen molar-refractivity contribution in [2.24, 2.45) is 5.41 Å². The van der Waals surface area contributed by atoms with E-state index in [9.17, 15) is 10.2 Å². The van der Waals surface area contributed by atoms with Crippen molar-refractivity contribution >= 4 is 18.8 Å². The molecule has 1 aromatic heterocycles. The molecule has 35 heavy (non-hydrogen) atoms. The lowest BCUT2D eigenvalue weighted by Gasteiger charge is -2.43. The lowest BCUT2D eigenvalue weighted by molar-refractivity contribution is -0.434. The van der Waals surface area contributed by atoms with Crippen molar-refractivity contribution in [2.45, 2.75) is 97.6 Å². The molecule has 4 rings (SSSR count). The summed E-state index contributed by atoms with van der Waals surface area (Å²) in [6.45, 7) is 13.9. The zero-order valence-corrected chi connectivity index (χ0v) is 23.1. The van der Waals surface area contributed by atoms with Crippen LogP contribution < -0.4 is 10.3 Å². The molecule has 1 N–H and O–H groups in total. The van der Waals surface area contributed by atoms with Crippen molar-refractivity contribution in [3.8, 4) is 0 Å². The molecule has 3 nitrogen and oxygen atoms in total. The summed E-state index contributed by atoms with van der Waals surface area (Å²) in [6.07, 6.45) is 3.85. The van der Waals surface area contributed by atoms with E-state index < -0.39 is 31.9 Å². The molecule has 0 saturated carbocycles.